The molecular formula is C19H32N2O2. The van der Waals surface area contributed by atoms with Crippen molar-refractivity contribution in [2.24, 2.45) is 11.3 Å². The van der Waals surface area contributed by atoms with Crippen molar-refractivity contribution in [3.63, 3.8) is 0 Å². The summed E-state index contributed by atoms with van der Waals surface area (Å²) in [7, 11) is 0. The van der Waals surface area contributed by atoms with E-state index in [9.17, 15) is 9.59 Å². The maximum absolute atomic E-state index is 12.7. The molecule has 2 aliphatic rings. The Morgan fingerprint density at radius 3 is 2.57 bits per heavy atom. The van der Waals surface area contributed by atoms with Gasteiger partial charge in [0.2, 0.25) is 11.8 Å². The van der Waals surface area contributed by atoms with Crippen LogP contribution >= 0.6 is 0 Å². The van der Waals surface area contributed by atoms with Crippen molar-refractivity contribution in [2.75, 3.05) is 19.6 Å². The predicted molar refractivity (Wildman–Crippen MR) is 92.9 cm³/mol. The summed E-state index contributed by atoms with van der Waals surface area (Å²) < 4.78 is 0. The zero-order valence-corrected chi connectivity index (χ0v) is 15.0. The number of piperidine rings is 1. The van der Waals surface area contributed by atoms with Crippen molar-refractivity contribution in [3.8, 4) is 0 Å². The molecule has 1 aliphatic heterocycles. The van der Waals surface area contributed by atoms with Crippen molar-refractivity contribution >= 4 is 11.8 Å². The van der Waals surface area contributed by atoms with E-state index in [0.29, 0.717) is 12.5 Å². The van der Waals surface area contributed by atoms with Gasteiger partial charge in [0.1, 0.15) is 5.41 Å². The number of carbonyl (C=O) groups excluding carboxylic acids is 2. The molecule has 1 saturated heterocycles. The van der Waals surface area contributed by atoms with Crippen LogP contribution in [0.5, 0.6) is 0 Å². The van der Waals surface area contributed by atoms with Gasteiger partial charge in [-0.2, -0.15) is 0 Å². The van der Waals surface area contributed by atoms with Crippen LogP contribution in [0.4, 0.5) is 0 Å². The summed E-state index contributed by atoms with van der Waals surface area (Å²) in [5.41, 5.74) is 0.479. The van der Waals surface area contributed by atoms with Gasteiger partial charge >= 0.3 is 0 Å². The van der Waals surface area contributed by atoms with Gasteiger partial charge in [0.15, 0.2) is 0 Å². The molecule has 0 saturated carbocycles. The molecule has 130 valence electrons. The van der Waals surface area contributed by atoms with E-state index in [1.165, 1.54) is 24.8 Å². The smallest absolute Gasteiger partial charge is 0.237 e. The molecule has 4 heteroatoms. The normalized spacial score (nSPS) is 20.1. The van der Waals surface area contributed by atoms with Gasteiger partial charge in [-0.25, -0.2) is 0 Å². The fraction of sp³-hybridized carbons (Fsp3) is 0.789. The van der Waals surface area contributed by atoms with Gasteiger partial charge in [-0.15, -0.1) is 0 Å². The lowest BCUT2D eigenvalue weighted by atomic mass is 9.88. The number of rotatable bonds is 5. The molecule has 4 nitrogen and oxygen atoms in total. The average molecular weight is 320 g/mol. The molecule has 0 unspecified atom stereocenters. The molecule has 1 N–H and O–H groups in total. The third-order valence-electron chi connectivity index (χ3n) is 5.29. The summed E-state index contributed by atoms with van der Waals surface area (Å²) in [4.78, 5) is 27.0. The molecule has 0 radical (unpaired) electrons. The van der Waals surface area contributed by atoms with Crippen LogP contribution in [0, 0.1) is 11.3 Å². The first-order valence-electron chi connectivity index (χ1n) is 9.17. The quantitative estimate of drug-likeness (QED) is 0.624. The van der Waals surface area contributed by atoms with E-state index in [2.05, 4.69) is 18.3 Å². The monoisotopic (exact) mass is 320 g/mol. The standard InChI is InChI=1S/C19H32N2O2/c1-15-10-13-21(14-11-15)18(23)19(2,3)17(22)20-12-9-16-7-5-4-6-8-16/h7,15H,4-6,8-14H2,1-3H3,(H,20,22). The lowest BCUT2D eigenvalue weighted by Crippen LogP contribution is -2.51. The largest absolute Gasteiger partial charge is 0.355 e. The Kier molecular flexibility index (Phi) is 6.25. The Hall–Kier alpha value is -1.32. The van der Waals surface area contributed by atoms with Crippen LogP contribution in [0.1, 0.15) is 65.7 Å². The second-order valence-corrected chi connectivity index (χ2v) is 7.71. The van der Waals surface area contributed by atoms with Crippen LogP contribution in [0.25, 0.3) is 0 Å². The zero-order chi connectivity index (χ0) is 16.9. The third kappa shape index (κ3) is 4.82. The van der Waals surface area contributed by atoms with E-state index >= 15 is 0 Å². The van der Waals surface area contributed by atoms with Gasteiger partial charge in [0.05, 0.1) is 0 Å². The summed E-state index contributed by atoms with van der Waals surface area (Å²) in [5.74, 6) is 0.510. The molecule has 2 amide bonds. The minimum absolute atomic E-state index is 0.0289. The van der Waals surface area contributed by atoms with E-state index in [1.807, 2.05) is 4.90 Å². The molecule has 0 spiro atoms. The Morgan fingerprint density at radius 2 is 1.96 bits per heavy atom. The van der Waals surface area contributed by atoms with Crippen LogP contribution in [-0.4, -0.2) is 36.3 Å². The molecular weight excluding hydrogens is 288 g/mol. The molecule has 1 aliphatic carbocycles. The fourth-order valence-corrected chi connectivity index (χ4v) is 3.39. The van der Waals surface area contributed by atoms with Gasteiger partial charge in [0, 0.05) is 19.6 Å². The first-order chi connectivity index (χ1) is 10.9. The summed E-state index contributed by atoms with van der Waals surface area (Å²) in [5, 5.41) is 2.97. The lowest BCUT2D eigenvalue weighted by Gasteiger charge is -2.35. The van der Waals surface area contributed by atoms with Crippen molar-refractivity contribution < 1.29 is 9.59 Å². The van der Waals surface area contributed by atoms with E-state index in [-0.39, 0.29) is 11.8 Å². The highest BCUT2D eigenvalue weighted by atomic mass is 16.2. The third-order valence-corrected chi connectivity index (χ3v) is 5.29. The highest BCUT2D eigenvalue weighted by Gasteiger charge is 2.39. The maximum Gasteiger partial charge on any atom is 0.237 e. The highest BCUT2D eigenvalue weighted by Crippen LogP contribution is 2.24. The molecule has 0 aromatic heterocycles. The predicted octanol–water partition coefficient (Wildman–Crippen LogP) is 3.28. The minimum atomic E-state index is -0.971. The molecule has 0 bridgehead atoms. The highest BCUT2D eigenvalue weighted by molar-refractivity contribution is 6.04. The van der Waals surface area contributed by atoms with Crippen LogP contribution in [0.3, 0.4) is 0 Å². The average Bonchev–Trinajstić information content (AvgIpc) is 2.55. The van der Waals surface area contributed by atoms with Gasteiger partial charge < -0.3 is 10.2 Å². The second kappa shape index (κ2) is 7.98. The van der Waals surface area contributed by atoms with Gasteiger partial charge in [-0.3, -0.25) is 9.59 Å². The van der Waals surface area contributed by atoms with Crippen LogP contribution in [-0.2, 0) is 9.59 Å². The molecule has 1 heterocycles. The summed E-state index contributed by atoms with van der Waals surface area (Å²) in [6, 6.07) is 0. The van der Waals surface area contributed by atoms with Crippen LogP contribution in [0.15, 0.2) is 11.6 Å². The summed E-state index contributed by atoms with van der Waals surface area (Å²) in [6.07, 6.45) is 10.2. The topological polar surface area (TPSA) is 49.4 Å². The Bertz CT molecular complexity index is 460. The van der Waals surface area contributed by atoms with Gasteiger partial charge in [-0.1, -0.05) is 18.6 Å². The zero-order valence-electron chi connectivity index (χ0n) is 15.0. The molecule has 0 aromatic carbocycles. The van der Waals surface area contributed by atoms with E-state index in [1.54, 1.807) is 13.8 Å². The Morgan fingerprint density at radius 1 is 1.26 bits per heavy atom. The molecule has 2 rings (SSSR count). The van der Waals surface area contributed by atoms with Crippen LogP contribution < -0.4 is 5.32 Å². The first-order valence-corrected chi connectivity index (χ1v) is 9.17. The lowest BCUT2D eigenvalue weighted by molar-refractivity contribution is -0.149. The number of nitrogens with one attached hydrogen (secondary N) is 1. The number of amides is 2. The number of hydrogen-bond donors (Lipinski definition) is 1. The Labute approximate surface area is 140 Å². The first kappa shape index (κ1) is 18.0. The second-order valence-electron chi connectivity index (χ2n) is 7.71. The fourth-order valence-electron chi connectivity index (χ4n) is 3.39. The van der Waals surface area contributed by atoms with E-state index in [0.717, 1.165) is 38.8 Å². The number of likely N-dealkylation sites (tertiary alicyclic amines) is 1. The molecule has 23 heavy (non-hydrogen) atoms. The van der Waals surface area contributed by atoms with Gasteiger partial charge in [0.25, 0.3) is 0 Å². The number of nitrogens with zero attached hydrogens (tertiary/aromatic N) is 1. The minimum Gasteiger partial charge on any atom is -0.355 e. The number of allylic oxidation sites excluding steroid dienone is 1. The van der Waals surface area contributed by atoms with Crippen LogP contribution in [0.2, 0.25) is 0 Å². The van der Waals surface area contributed by atoms with Crippen molar-refractivity contribution in [1.29, 1.82) is 0 Å². The Balaban J connectivity index is 1.81. The SMILES string of the molecule is CC1CCN(C(=O)C(C)(C)C(=O)NCCC2=CCCCC2)CC1. The number of carbonyl (C=O) groups is 2. The van der Waals surface area contributed by atoms with Crippen molar-refractivity contribution in [1.82, 2.24) is 10.2 Å². The summed E-state index contributed by atoms with van der Waals surface area (Å²) in [6.45, 7) is 7.93. The van der Waals surface area contributed by atoms with Gasteiger partial charge in [-0.05, 0) is 64.7 Å². The maximum atomic E-state index is 12.7. The van der Waals surface area contributed by atoms with Crippen molar-refractivity contribution in [2.45, 2.75) is 65.7 Å². The number of hydrogen-bond acceptors (Lipinski definition) is 2. The molecule has 0 atom stereocenters. The van der Waals surface area contributed by atoms with E-state index < -0.39 is 5.41 Å². The summed E-state index contributed by atoms with van der Waals surface area (Å²) >= 11 is 0. The molecule has 0 aromatic rings. The van der Waals surface area contributed by atoms with E-state index in [4.69, 9.17) is 0 Å². The molecule has 1 fully saturated rings. The van der Waals surface area contributed by atoms with Crippen molar-refractivity contribution in [3.05, 3.63) is 11.6 Å².